The molecule has 2 atom stereocenters. The summed E-state index contributed by atoms with van der Waals surface area (Å²) in [5, 5.41) is 2.67. The number of carbonyl (C=O) groups excluding carboxylic acids is 2. The molecular weight excluding hydrogens is 234 g/mol. The Bertz CT molecular complexity index is 343. The lowest BCUT2D eigenvalue weighted by Crippen LogP contribution is -2.45. The van der Waals surface area contributed by atoms with Crippen LogP contribution in [0.15, 0.2) is 12.2 Å². The molecule has 0 saturated carbocycles. The van der Waals surface area contributed by atoms with Gasteiger partial charge in [-0.25, -0.2) is 4.79 Å². The first-order chi connectivity index (χ1) is 8.33. The van der Waals surface area contributed by atoms with Gasteiger partial charge < -0.3 is 14.8 Å². The first-order valence-electron chi connectivity index (χ1n) is 6.06. The van der Waals surface area contributed by atoms with Gasteiger partial charge in [0.05, 0.1) is 13.0 Å². The van der Waals surface area contributed by atoms with E-state index >= 15 is 0 Å². The Kier molecular flexibility index (Phi) is 4.76. The van der Waals surface area contributed by atoms with E-state index in [9.17, 15) is 9.59 Å². The van der Waals surface area contributed by atoms with Crippen molar-refractivity contribution in [2.45, 2.75) is 45.3 Å². The zero-order chi connectivity index (χ0) is 13.8. The number of nitrogens with one attached hydrogen (secondary N) is 1. The predicted octanol–water partition coefficient (Wildman–Crippen LogP) is 2.02. The van der Waals surface area contributed by atoms with Gasteiger partial charge in [-0.05, 0) is 33.6 Å². The van der Waals surface area contributed by atoms with Gasteiger partial charge in [0, 0.05) is 6.04 Å². The zero-order valence-electron chi connectivity index (χ0n) is 11.4. The van der Waals surface area contributed by atoms with Crippen molar-refractivity contribution in [3.63, 3.8) is 0 Å². The molecule has 0 bridgehead atoms. The smallest absolute Gasteiger partial charge is 0.407 e. The van der Waals surface area contributed by atoms with Crippen LogP contribution in [-0.2, 0) is 14.3 Å². The van der Waals surface area contributed by atoms with Crippen molar-refractivity contribution in [3.05, 3.63) is 12.2 Å². The van der Waals surface area contributed by atoms with Crippen molar-refractivity contribution >= 4 is 12.1 Å². The van der Waals surface area contributed by atoms with Gasteiger partial charge >= 0.3 is 12.1 Å². The molecule has 0 unspecified atom stereocenters. The Morgan fingerprint density at radius 1 is 1.22 bits per heavy atom. The topological polar surface area (TPSA) is 64.6 Å². The monoisotopic (exact) mass is 255 g/mol. The summed E-state index contributed by atoms with van der Waals surface area (Å²) in [6, 6.07) is -0.266. The number of methoxy groups -OCH3 is 1. The number of hydrogen-bond acceptors (Lipinski definition) is 4. The van der Waals surface area contributed by atoms with E-state index in [0.29, 0.717) is 12.8 Å². The van der Waals surface area contributed by atoms with Crippen LogP contribution in [0.2, 0.25) is 0 Å². The average Bonchev–Trinajstić information content (AvgIpc) is 2.27. The molecule has 18 heavy (non-hydrogen) atoms. The van der Waals surface area contributed by atoms with Crippen molar-refractivity contribution in [1.82, 2.24) is 5.32 Å². The molecule has 0 saturated heterocycles. The Balaban J connectivity index is 2.68. The Labute approximate surface area is 108 Å². The summed E-state index contributed by atoms with van der Waals surface area (Å²) in [7, 11) is 1.30. The fourth-order valence-electron chi connectivity index (χ4n) is 1.82. The average molecular weight is 255 g/mol. The van der Waals surface area contributed by atoms with Gasteiger partial charge in [0.1, 0.15) is 5.60 Å². The Morgan fingerprint density at radius 2 is 1.83 bits per heavy atom. The van der Waals surface area contributed by atoms with E-state index < -0.39 is 11.7 Å². The summed E-state index contributed by atoms with van der Waals surface area (Å²) >= 11 is 0. The maximum Gasteiger partial charge on any atom is 0.407 e. The SMILES string of the molecule is COC(=O)N[C@H]1CC=CC[C@@H]1C(=O)OC(C)(C)C. The van der Waals surface area contributed by atoms with E-state index in [1.165, 1.54) is 7.11 Å². The maximum absolute atomic E-state index is 12.0. The van der Waals surface area contributed by atoms with Gasteiger partial charge in [-0.3, -0.25) is 4.79 Å². The van der Waals surface area contributed by atoms with E-state index in [2.05, 4.69) is 10.1 Å². The summed E-state index contributed by atoms with van der Waals surface area (Å²) in [5.74, 6) is -0.637. The predicted molar refractivity (Wildman–Crippen MR) is 67.0 cm³/mol. The molecule has 0 aliphatic heterocycles. The van der Waals surface area contributed by atoms with Crippen LogP contribution in [0.3, 0.4) is 0 Å². The summed E-state index contributed by atoms with van der Waals surface area (Å²) < 4.78 is 9.91. The Hall–Kier alpha value is -1.52. The normalized spacial score (nSPS) is 23.3. The summed E-state index contributed by atoms with van der Waals surface area (Å²) in [4.78, 5) is 23.3. The molecule has 1 rings (SSSR count). The van der Waals surface area contributed by atoms with E-state index in [1.807, 2.05) is 32.9 Å². The molecule has 5 nitrogen and oxygen atoms in total. The molecule has 1 aliphatic carbocycles. The first kappa shape index (κ1) is 14.5. The molecule has 5 heteroatoms. The molecule has 1 N–H and O–H groups in total. The second-order valence-electron chi connectivity index (χ2n) is 5.33. The first-order valence-corrected chi connectivity index (χ1v) is 6.06. The Morgan fingerprint density at radius 3 is 2.39 bits per heavy atom. The van der Waals surface area contributed by atoms with Crippen molar-refractivity contribution in [2.75, 3.05) is 7.11 Å². The van der Waals surface area contributed by atoms with Crippen LogP contribution in [0.4, 0.5) is 4.79 Å². The van der Waals surface area contributed by atoms with E-state index in [0.717, 1.165) is 0 Å². The lowest BCUT2D eigenvalue weighted by atomic mass is 9.89. The number of alkyl carbamates (subject to hydrolysis) is 1. The molecule has 0 spiro atoms. The molecule has 0 radical (unpaired) electrons. The lowest BCUT2D eigenvalue weighted by molar-refractivity contribution is -0.161. The number of amides is 1. The zero-order valence-corrected chi connectivity index (χ0v) is 11.4. The number of esters is 1. The highest BCUT2D eigenvalue weighted by Gasteiger charge is 2.33. The molecule has 102 valence electrons. The number of carbonyl (C=O) groups is 2. The van der Waals surface area contributed by atoms with Gasteiger partial charge in [-0.1, -0.05) is 12.2 Å². The largest absolute Gasteiger partial charge is 0.460 e. The minimum atomic E-state index is -0.524. The fraction of sp³-hybridized carbons (Fsp3) is 0.692. The van der Waals surface area contributed by atoms with Gasteiger partial charge in [0.2, 0.25) is 0 Å². The third-order valence-electron chi connectivity index (χ3n) is 2.63. The highest BCUT2D eigenvalue weighted by atomic mass is 16.6. The number of allylic oxidation sites excluding steroid dienone is 1. The third-order valence-corrected chi connectivity index (χ3v) is 2.63. The third kappa shape index (κ3) is 4.39. The standard InChI is InChI=1S/C13H21NO4/c1-13(2,3)18-11(15)9-7-5-6-8-10(9)14-12(16)17-4/h5-6,9-10H,7-8H2,1-4H3,(H,14,16)/t9-,10-/m0/s1. The molecule has 0 fully saturated rings. The second kappa shape index (κ2) is 5.89. The molecule has 1 amide bonds. The molecule has 0 aromatic heterocycles. The highest BCUT2D eigenvalue weighted by molar-refractivity contribution is 5.76. The van der Waals surface area contributed by atoms with Crippen LogP contribution in [0.5, 0.6) is 0 Å². The fourth-order valence-corrected chi connectivity index (χ4v) is 1.82. The van der Waals surface area contributed by atoms with E-state index in [1.54, 1.807) is 0 Å². The van der Waals surface area contributed by atoms with Crippen LogP contribution in [-0.4, -0.2) is 30.8 Å². The molecule has 0 aromatic rings. The second-order valence-corrected chi connectivity index (χ2v) is 5.33. The molecular formula is C13H21NO4. The van der Waals surface area contributed by atoms with Crippen molar-refractivity contribution in [1.29, 1.82) is 0 Å². The summed E-state index contributed by atoms with van der Waals surface area (Å²) in [6.45, 7) is 5.48. The van der Waals surface area contributed by atoms with Crippen LogP contribution in [0, 0.1) is 5.92 Å². The van der Waals surface area contributed by atoms with Crippen LogP contribution in [0.1, 0.15) is 33.6 Å². The van der Waals surface area contributed by atoms with E-state index in [4.69, 9.17) is 4.74 Å². The van der Waals surface area contributed by atoms with Gasteiger partial charge in [-0.2, -0.15) is 0 Å². The van der Waals surface area contributed by atoms with Gasteiger partial charge in [0.15, 0.2) is 0 Å². The summed E-state index contributed by atoms with van der Waals surface area (Å²) in [6.07, 6.45) is 4.54. The van der Waals surface area contributed by atoms with Gasteiger partial charge in [0.25, 0.3) is 0 Å². The van der Waals surface area contributed by atoms with Crippen LogP contribution >= 0.6 is 0 Å². The number of hydrogen-bond donors (Lipinski definition) is 1. The van der Waals surface area contributed by atoms with Gasteiger partial charge in [-0.15, -0.1) is 0 Å². The lowest BCUT2D eigenvalue weighted by Gasteiger charge is -2.30. The number of rotatable bonds is 2. The number of ether oxygens (including phenoxy) is 2. The molecule has 0 aromatic carbocycles. The molecule has 0 heterocycles. The van der Waals surface area contributed by atoms with Crippen molar-refractivity contribution in [2.24, 2.45) is 5.92 Å². The highest BCUT2D eigenvalue weighted by Crippen LogP contribution is 2.23. The van der Waals surface area contributed by atoms with Crippen LogP contribution in [0.25, 0.3) is 0 Å². The maximum atomic E-state index is 12.0. The quantitative estimate of drug-likeness (QED) is 0.605. The molecule has 1 aliphatic rings. The van der Waals surface area contributed by atoms with E-state index in [-0.39, 0.29) is 17.9 Å². The summed E-state index contributed by atoms with van der Waals surface area (Å²) in [5.41, 5.74) is -0.520. The van der Waals surface area contributed by atoms with Crippen LogP contribution < -0.4 is 5.32 Å². The van der Waals surface area contributed by atoms with Crippen molar-refractivity contribution in [3.8, 4) is 0 Å². The minimum absolute atomic E-state index is 0.266. The minimum Gasteiger partial charge on any atom is -0.460 e. The van der Waals surface area contributed by atoms with Crippen molar-refractivity contribution < 1.29 is 19.1 Å².